The van der Waals surface area contributed by atoms with Gasteiger partial charge in [-0.05, 0) is 0 Å². The highest BCUT2D eigenvalue weighted by molar-refractivity contribution is 7.85. The van der Waals surface area contributed by atoms with Crippen molar-refractivity contribution in [2.24, 2.45) is 0 Å². The summed E-state index contributed by atoms with van der Waals surface area (Å²) in [5.74, 6) is 0. The number of rotatable bonds is 1. The van der Waals surface area contributed by atoms with Crippen molar-refractivity contribution in [2.45, 2.75) is 5.25 Å². The van der Waals surface area contributed by atoms with Crippen molar-refractivity contribution in [1.82, 2.24) is 5.32 Å². The minimum atomic E-state index is -0.586. The van der Waals surface area contributed by atoms with E-state index in [2.05, 4.69) is 5.32 Å². The summed E-state index contributed by atoms with van der Waals surface area (Å²) < 4.78 is 10.5. The second-order valence-corrected chi connectivity index (χ2v) is 3.44. The molecule has 1 unspecified atom stereocenters. The topological polar surface area (TPSA) is 29.1 Å². The Labute approximate surface area is 45.8 Å². The lowest BCUT2D eigenvalue weighted by atomic mass is 10.3. The van der Waals surface area contributed by atoms with Crippen LogP contribution in [0.4, 0.5) is 0 Å². The molecule has 0 saturated carbocycles. The summed E-state index contributed by atoms with van der Waals surface area (Å²) in [6, 6.07) is 0. The van der Waals surface area contributed by atoms with Crippen molar-refractivity contribution in [2.75, 3.05) is 19.3 Å². The molecule has 2 nitrogen and oxygen atoms in total. The van der Waals surface area contributed by atoms with Crippen molar-refractivity contribution >= 4 is 10.8 Å². The van der Waals surface area contributed by atoms with Crippen LogP contribution in [0.5, 0.6) is 0 Å². The third kappa shape index (κ3) is 1.01. The summed E-state index contributed by atoms with van der Waals surface area (Å²) in [5, 5.41) is 3.49. The number of hydrogen-bond donors (Lipinski definition) is 1. The van der Waals surface area contributed by atoms with Gasteiger partial charge < -0.3 is 5.32 Å². The maximum absolute atomic E-state index is 10.5. The molecule has 0 radical (unpaired) electrons. The van der Waals surface area contributed by atoms with E-state index in [0.717, 1.165) is 13.1 Å². The molecule has 0 aromatic rings. The highest BCUT2D eigenvalue weighted by Crippen LogP contribution is 1.97. The Bertz CT molecular complexity index is 89.7. The van der Waals surface area contributed by atoms with Gasteiger partial charge in [-0.25, -0.2) is 0 Å². The van der Waals surface area contributed by atoms with Crippen LogP contribution in [0.3, 0.4) is 0 Å². The Hall–Kier alpha value is 0.110. The average Bonchev–Trinajstić information content (AvgIpc) is 1.23. The Morgan fingerprint density at radius 2 is 2.29 bits per heavy atom. The molecule has 1 atom stereocenters. The molecule has 42 valence electrons. The second-order valence-electron chi connectivity index (χ2n) is 1.78. The smallest absolute Gasteiger partial charge is 0.0594 e. The van der Waals surface area contributed by atoms with Crippen LogP contribution in [-0.4, -0.2) is 28.8 Å². The normalized spacial score (nSPS) is 26.4. The molecule has 0 aromatic heterocycles. The van der Waals surface area contributed by atoms with Crippen molar-refractivity contribution in [3.05, 3.63) is 0 Å². The van der Waals surface area contributed by atoms with Gasteiger partial charge in [0.2, 0.25) is 0 Å². The van der Waals surface area contributed by atoms with Gasteiger partial charge in [-0.3, -0.25) is 4.21 Å². The third-order valence-corrected chi connectivity index (χ3v) is 2.49. The van der Waals surface area contributed by atoms with Crippen LogP contribution in [0.1, 0.15) is 0 Å². The van der Waals surface area contributed by atoms with Gasteiger partial charge in [-0.15, -0.1) is 0 Å². The highest BCUT2D eigenvalue weighted by Gasteiger charge is 2.19. The maximum atomic E-state index is 10.5. The van der Waals surface area contributed by atoms with Gasteiger partial charge >= 0.3 is 0 Å². The van der Waals surface area contributed by atoms with E-state index < -0.39 is 10.8 Å². The van der Waals surface area contributed by atoms with Crippen LogP contribution in [0.15, 0.2) is 0 Å². The SMILES string of the molecule is CS(=O)C1CNC1. The third-order valence-electron chi connectivity index (χ3n) is 1.21. The highest BCUT2D eigenvalue weighted by atomic mass is 32.2. The minimum Gasteiger partial charge on any atom is -0.314 e. The second kappa shape index (κ2) is 1.92. The quantitative estimate of drug-likeness (QED) is 0.496. The molecule has 0 amide bonds. The predicted molar refractivity (Wildman–Crippen MR) is 30.7 cm³/mol. The summed E-state index contributed by atoms with van der Waals surface area (Å²) in [4.78, 5) is 0. The first-order valence-electron chi connectivity index (χ1n) is 2.33. The van der Waals surface area contributed by atoms with Crippen molar-refractivity contribution in [3.63, 3.8) is 0 Å². The first-order valence-corrected chi connectivity index (χ1v) is 3.96. The van der Waals surface area contributed by atoms with Crippen LogP contribution < -0.4 is 5.32 Å². The van der Waals surface area contributed by atoms with Crippen LogP contribution in [0, 0.1) is 0 Å². The van der Waals surface area contributed by atoms with Crippen LogP contribution in [0.25, 0.3) is 0 Å². The monoisotopic (exact) mass is 119 g/mol. The number of nitrogens with one attached hydrogen (secondary N) is 1. The van der Waals surface area contributed by atoms with Crippen molar-refractivity contribution < 1.29 is 4.21 Å². The Morgan fingerprint density at radius 1 is 1.71 bits per heavy atom. The molecule has 1 fully saturated rings. The fourth-order valence-corrected chi connectivity index (χ4v) is 1.20. The fourth-order valence-electron chi connectivity index (χ4n) is 0.497. The average molecular weight is 119 g/mol. The molecule has 7 heavy (non-hydrogen) atoms. The summed E-state index contributed by atoms with van der Waals surface area (Å²) in [7, 11) is -0.586. The zero-order valence-electron chi connectivity index (χ0n) is 4.31. The van der Waals surface area contributed by atoms with E-state index in [1.165, 1.54) is 0 Å². The summed E-state index contributed by atoms with van der Waals surface area (Å²) >= 11 is 0. The molecule has 1 aliphatic heterocycles. The Kier molecular flexibility index (Phi) is 1.44. The van der Waals surface area contributed by atoms with Crippen LogP contribution >= 0.6 is 0 Å². The van der Waals surface area contributed by atoms with Gasteiger partial charge in [0.25, 0.3) is 0 Å². The summed E-state index contributed by atoms with van der Waals surface area (Å²) in [5.41, 5.74) is 0. The molecule has 0 aliphatic carbocycles. The Morgan fingerprint density at radius 3 is 2.29 bits per heavy atom. The molecule has 0 spiro atoms. The van der Waals surface area contributed by atoms with Gasteiger partial charge in [0, 0.05) is 30.1 Å². The maximum Gasteiger partial charge on any atom is 0.0594 e. The predicted octanol–water partition coefficient (Wildman–Crippen LogP) is -0.663. The molecule has 1 rings (SSSR count). The molecule has 0 bridgehead atoms. The molecule has 3 heteroatoms. The lowest BCUT2D eigenvalue weighted by molar-refractivity contribution is 0.528. The van der Waals surface area contributed by atoms with Crippen LogP contribution in [-0.2, 0) is 10.8 Å². The first-order chi connectivity index (χ1) is 3.30. The van der Waals surface area contributed by atoms with Crippen LogP contribution in [0.2, 0.25) is 0 Å². The minimum absolute atomic E-state index is 0.444. The van der Waals surface area contributed by atoms with E-state index in [9.17, 15) is 4.21 Å². The molecule has 1 heterocycles. The standard InChI is InChI=1S/C4H9NOS/c1-7(6)4-2-5-3-4/h4-5H,2-3H2,1H3. The van der Waals surface area contributed by atoms with E-state index in [4.69, 9.17) is 0 Å². The Balaban J connectivity index is 2.27. The van der Waals surface area contributed by atoms with E-state index in [-0.39, 0.29) is 0 Å². The van der Waals surface area contributed by atoms with E-state index in [1.807, 2.05) is 0 Å². The van der Waals surface area contributed by atoms with E-state index in [1.54, 1.807) is 6.26 Å². The lowest BCUT2D eigenvalue weighted by Crippen LogP contribution is -2.48. The number of hydrogen-bond acceptors (Lipinski definition) is 2. The molecule has 1 N–H and O–H groups in total. The van der Waals surface area contributed by atoms with Gasteiger partial charge in [0.1, 0.15) is 0 Å². The molecular formula is C4H9NOS. The fraction of sp³-hybridized carbons (Fsp3) is 1.00. The summed E-state index contributed by atoms with van der Waals surface area (Å²) in [6.07, 6.45) is 1.76. The largest absolute Gasteiger partial charge is 0.314 e. The van der Waals surface area contributed by atoms with Gasteiger partial charge in [0.05, 0.1) is 5.25 Å². The molecule has 1 aliphatic rings. The first kappa shape index (κ1) is 5.25. The summed E-state index contributed by atoms with van der Waals surface area (Å²) in [6.45, 7) is 1.90. The van der Waals surface area contributed by atoms with Gasteiger partial charge in [-0.2, -0.15) is 0 Å². The van der Waals surface area contributed by atoms with Gasteiger partial charge in [-0.1, -0.05) is 0 Å². The molecule has 1 saturated heterocycles. The van der Waals surface area contributed by atoms with Gasteiger partial charge in [0.15, 0.2) is 0 Å². The van der Waals surface area contributed by atoms with Crippen molar-refractivity contribution in [1.29, 1.82) is 0 Å². The lowest BCUT2D eigenvalue weighted by Gasteiger charge is -2.24. The van der Waals surface area contributed by atoms with Crippen molar-refractivity contribution in [3.8, 4) is 0 Å². The van der Waals surface area contributed by atoms with E-state index >= 15 is 0 Å². The zero-order chi connectivity index (χ0) is 5.28. The zero-order valence-corrected chi connectivity index (χ0v) is 5.12. The van der Waals surface area contributed by atoms with E-state index in [0.29, 0.717) is 5.25 Å². The molecular weight excluding hydrogens is 110 g/mol. The molecule has 0 aromatic carbocycles.